The number of nitrogens with zero attached hydrogens (tertiary/aromatic N) is 2. The summed E-state index contributed by atoms with van der Waals surface area (Å²) in [6.07, 6.45) is 4.52. The van der Waals surface area contributed by atoms with Crippen LogP contribution in [0, 0.1) is 6.92 Å². The summed E-state index contributed by atoms with van der Waals surface area (Å²) in [5, 5.41) is 1.49. The molecule has 3 heterocycles. The lowest BCUT2D eigenvalue weighted by molar-refractivity contribution is 0.282. The average Bonchev–Trinajstić information content (AvgIpc) is 3.66. The lowest BCUT2D eigenvalue weighted by atomic mass is 9.35. The molecule has 2 aliphatic heterocycles. The Balaban J connectivity index is 1.35. The Hall–Kier alpha value is -4.74. The first-order chi connectivity index (χ1) is 31.0. The third-order valence-corrected chi connectivity index (χ3v) is 18.9. The van der Waals surface area contributed by atoms with Crippen LogP contribution in [-0.4, -0.2) is 14.8 Å². The highest BCUT2D eigenvalue weighted by Gasteiger charge is 2.53. The molecule has 0 fully saturated rings. The van der Waals surface area contributed by atoms with Gasteiger partial charge in [0.1, 0.15) is 5.76 Å². The van der Waals surface area contributed by atoms with Gasteiger partial charge in [-0.1, -0.05) is 170 Å². The first-order valence-corrected chi connectivity index (χ1v) is 29.0. The van der Waals surface area contributed by atoms with Crippen molar-refractivity contribution in [1.82, 2.24) is 0 Å². The summed E-state index contributed by atoms with van der Waals surface area (Å²) < 4.78 is 7.75. The van der Waals surface area contributed by atoms with Crippen LogP contribution in [0.25, 0.3) is 11.1 Å². The minimum absolute atomic E-state index is 0.0208. The second-order valence-corrected chi connectivity index (χ2v) is 32.0. The number of aryl methyl sites for hydroxylation is 1. The number of anilines is 6. The van der Waals surface area contributed by atoms with E-state index in [9.17, 15) is 0 Å². The predicted octanol–water partition coefficient (Wildman–Crippen LogP) is 15.2. The van der Waals surface area contributed by atoms with Crippen LogP contribution in [0.2, 0.25) is 19.6 Å². The zero-order valence-electron chi connectivity index (χ0n) is 44.4. The summed E-state index contributed by atoms with van der Waals surface area (Å²) >= 11 is 0. The number of hydrogen-bond donors (Lipinski definition) is 0. The Morgan fingerprint density at radius 1 is 0.552 bits per heavy atom. The maximum absolute atomic E-state index is 7.75. The van der Waals surface area contributed by atoms with E-state index in [1.165, 1.54) is 101 Å². The maximum Gasteiger partial charge on any atom is 0.297 e. The fourth-order valence-corrected chi connectivity index (χ4v) is 13.4. The summed E-state index contributed by atoms with van der Waals surface area (Å²) in [7, 11) is -1.52. The van der Waals surface area contributed by atoms with Crippen molar-refractivity contribution in [2.24, 2.45) is 0 Å². The van der Waals surface area contributed by atoms with E-state index in [2.05, 4.69) is 224 Å². The van der Waals surface area contributed by atoms with E-state index in [-0.39, 0.29) is 39.2 Å². The number of rotatable bonds is 4. The van der Waals surface area contributed by atoms with Gasteiger partial charge in [-0.3, -0.25) is 0 Å². The molecule has 6 aromatic rings. The monoisotopic (exact) mass is 905 g/mol. The molecule has 0 bridgehead atoms. The molecular formula is C62H77BN2OSi. The van der Waals surface area contributed by atoms with E-state index in [0.29, 0.717) is 0 Å². The molecule has 2 aliphatic carbocycles. The van der Waals surface area contributed by atoms with E-state index >= 15 is 0 Å². The Morgan fingerprint density at radius 2 is 1.09 bits per heavy atom. The molecule has 5 aromatic carbocycles. The van der Waals surface area contributed by atoms with Crippen molar-refractivity contribution in [2.45, 2.75) is 182 Å². The first kappa shape index (κ1) is 46.0. The molecule has 67 heavy (non-hydrogen) atoms. The number of furan rings is 1. The Kier molecular flexibility index (Phi) is 10.1. The largest absolute Gasteiger partial charge is 0.472 e. The van der Waals surface area contributed by atoms with Gasteiger partial charge in [0.2, 0.25) is 0 Å². The summed E-state index contributed by atoms with van der Waals surface area (Å²) in [5.41, 5.74) is 22.0. The molecule has 4 aliphatic rings. The van der Waals surface area contributed by atoms with Gasteiger partial charge in [0, 0.05) is 39.3 Å². The van der Waals surface area contributed by atoms with Crippen LogP contribution >= 0.6 is 0 Å². The van der Waals surface area contributed by atoms with Gasteiger partial charge < -0.3 is 14.2 Å². The molecule has 0 spiro atoms. The standard InChI is InChI=1S/C62H77BN2OSi/c1-38-33-50-53-51(34-38)65(48-28-23-41(58(5,6)7)35-44(48)39-19-26-43(27-20-39)67(16,17)18)49-37-46-45(59(8,9)29-30-60(46,10)11)36-47(49)63(53)56-54(52-55(66-56)62(14,15)32-31-61(52,12)13)64(50)42-24-21-40(22-25-42)57(2,3)4/h19-28,33-37H,29-32H2,1-18H3. The zero-order valence-corrected chi connectivity index (χ0v) is 45.4. The fraction of sp³-hybridized carbons (Fsp3) is 0.452. The predicted molar refractivity (Wildman–Crippen MR) is 294 cm³/mol. The lowest BCUT2D eigenvalue weighted by Gasteiger charge is -2.47. The molecule has 0 amide bonds. The van der Waals surface area contributed by atoms with Crippen molar-refractivity contribution in [3.05, 3.63) is 130 Å². The number of hydrogen-bond acceptors (Lipinski definition) is 3. The van der Waals surface area contributed by atoms with Gasteiger partial charge in [-0.15, -0.1) is 0 Å². The Labute approximate surface area is 405 Å². The van der Waals surface area contributed by atoms with Gasteiger partial charge in [0.15, 0.2) is 0 Å². The van der Waals surface area contributed by atoms with Crippen molar-refractivity contribution >= 4 is 70.7 Å². The zero-order chi connectivity index (χ0) is 48.3. The molecule has 3 nitrogen and oxygen atoms in total. The highest BCUT2D eigenvalue weighted by molar-refractivity contribution is 6.99. The van der Waals surface area contributed by atoms with Crippen molar-refractivity contribution in [3.63, 3.8) is 0 Å². The molecule has 5 heteroatoms. The number of fused-ring (bicyclic) bond motifs is 7. The van der Waals surface area contributed by atoms with Crippen LogP contribution in [0.5, 0.6) is 0 Å². The fourth-order valence-electron chi connectivity index (χ4n) is 12.2. The van der Waals surface area contributed by atoms with E-state index in [1.807, 2.05) is 0 Å². The Morgan fingerprint density at radius 3 is 1.67 bits per heavy atom. The molecule has 0 radical (unpaired) electrons. The van der Waals surface area contributed by atoms with Gasteiger partial charge in [0.25, 0.3) is 6.71 Å². The van der Waals surface area contributed by atoms with E-state index < -0.39 is 8.07 Å². The van der Waals surface area contributed by atoms with E-state index in [0.717, 1.165) is 31.3 Å². The molecule has 0 atom stereocenters. The van der Waals surface area contributed by atoms with Gasteiger partial charge in [-0.2, -0.15) is 0 Å². The van der Waals surface area contributed by atoms with Gasteiger partial charge in [-0.25, -0.2) is 0 Å². The molecule has 0 N–H and O–H groups in total. The second kappa shape index (κ2) is 14.6. The van der Waals surface area contributed by atoms with E-state index in [1.54, 1.807) is 0 Å². The summed E-state index contributed by atoms with van der Waals surface area (Å²) in [6, 6.07) is 36.7. The van der Waals surface area contributed by atoms with Gasteiger partial charge in [-0.05, 0) is 146 Å². The highest BCUT2D eigenvalue weighted by Crippen LogP contribution is 2.56. The van der Waals surface area contributed by atoms with Crippen LogP contribution in [0.4, 0.5) is 34.1 Å². The third kappa shape index (κ3) is 7.25. The Bertz CT molecular complexity index is 2980. The minimum Gasteiger partial charge on any atom is -0.472 e. The molecule has 1 aromatic heterocycles. The SMILES string of the molecule is Cc1cc2c3c(c1)N(c1ccc(C(C)(C)C)cc1)c1c(oc4c1C(C)(C)CCC4(C)C)B3c1cc3c(cc1N2c1ccc(C(C)(C)C)cc1-c1ccc([Si](C)(C)C)cc1)C(C)(C)CCC3(C)C. The number of benzene rings is 5. The topological polar surface area (TPSA) is 19.6 Å². The molecule has 348 valence electrons. The smallest absolute Gasteiger partial charge is 0.297 e. The maximum atomic E-state index is 7.75. The quantitative estimate of drug-likeness (QED) is 0.164. The van der Waals surface area contributed by atoms with Crippen molar-refractivity contribution in [2.75, 3.05) is 9.80 Å². The third-order valence-electron chi connectivity index (χ3n) is 16.8. The van der Waals surface area contributed by atoms with Crippen LogP contribution in [-0.2, 0) is 32.5 Å². The summed E-state index contributed by atoms with van der Waals surface area (Å²) in [6.45, 7) is 43.2. The van der Waals surface area contributed by atoms with Crippen LogP contribution in [0.1, 0.15) is 162 Å². The average molecular weight is 905 g/mol. The van der Waals surface area contributed by atoms with Gasteiger partial charge in [0.05, 0.1) is 25.1 Å². The molecule has 0 saturated carbocycles. The first-order valence-electron chi connectivity index (χ1n) is 25.5. The van der Waals surface area contributed by atoms with E-state index in [4.69, 9.17) is 4.42 Å². The van der Waals surface area contributed by atoms with Crippen molar-refractivity contribution in [3.8, 4) is 11.1 Å². The second-order valence-electron chi connectivity index (χ2n) is 26.9. The van der Waals surface area contributed by atoms with Crippen LogP contribution in [0.3, 0.4) is 0 Å². The van der Waals surface area contributed by atoms with Gasteiger partial charge >= 0.3 is 0 Å². The minimum atomic E-state index is -1.52. The van der Waals surface area contributed by atoms with Crippen molar-refractivity contribution < 1.29 is 4.42 Å². The van der Waals surface area contributed by atoms with Crippen LogP contribution < -0.4 is 31.6 Å². The van der Waals surface area contributed by atoms with Crippen LogP contribution in [0.15, 0.2) is 95.4 Å². The molecular weight excluding hydrogens is 828 g/mol. The highest BCUT2D eigenvalue weighted by atomic mass is 28.3. The molecule has 0 saturated heterocycles. The lowest BCUT2D eigenvalue weighted by Crippen LogP contribution is -2.61. The van der Waals surface area contributed by atoms with Crippen molar-refractivity contribution in [1.29, 1.82) is 0 Å². The summed E-state index contributed by atoms with van der Waals surface area (Å²) in [4.78, 5) is 5.31. The normalized spacial score (nSPS) is 18.7. The molecule has 0 unspecified atom stereocenters. The summed E-state index contributed by atoms with van der Waals surface area (Å²) in [5.74, 6) is 1.17. The molecule has 10 rings (SSSR count).